The normalized spacial score (nSPS) is 24.0. The Hall–Kier alpha value is -2.46. The first-order valence-corrected chi connectivity index (χ1v) is 10.9. The number of piperazine rings is 1. The molecule has 3 heterocycles. The van der Waals surface area contributed by atoms with E-state index in [0.717, 1.165) is 43.7 Å². The van der Waals surface area contributed by atoms with Crippen LogP contribution in [0.2, 0.25) is 0 Å². The molecule has 2 fully saturated rings. The van der Waals surface area contributed by atoms with Crippen molar-refractivity contribution in [1.82, 2.24) is 20.5 Å². The zero-order valence-electron chi connectivity index (χ0n) is 17.8. The van der Waals surface area contributed by atoms with Crippen LogP contribution in [-0.2, 0) is 9.59 Å². The van der Waals surface area contributed by atoms with Gasteiger partial charge in [-0.05, 0) is 44.0 Å². The van der Waals surface area contributed by atoms with Gasteiger partial charge in [-0.3, -0.25) is 19.5 Å². The minimum atomic E-state index is -1.81. The highest BCUT2D eigenvalue weighted by atomic mass is 16.3. The predicted octanol–water partition coefficient (Wildman–Crippen LogP) is -0.269. The van der Waals surface area contributed by atoms with Crippen LogP contribution >= 0.6 is 0 Å². The van der Waals surface area contributed by atoms with Crippen LogP contribution in [0.5, 0.6) is 0 Å². The van der Waals surface area contributed by atoms with Gasteiger partial charge < -0.3 is 20.4 Å². The fraction of sp³-hybridized carbons (Fsp3) is 0.545. The average molecular weight is 430 g/mol. The fourth-order valence-corrected chi connectivity index (χ4v) is 4.50. The first-order valence-electron chi connectivity index (χ1n) is 10.9. The SMILES string of the molecule is CC(NC(=O)[C@H](O)C(O)C(=O)N1CCN2CCCC2C1)c1ccc(N2C=CCN2)cc1. The molecule has 2 amide bonds. The summed E-state index contributed by atoms with van der Waals surface area (Å²) in [6.45, 7) is 5.43. The molecule has 9 nitrogen and oxygen atoms in total. The first kappa shape index (κ1) is 21.8. The molecule has 2 saturated heterocycles. The summed E-state index contributed by atoms with van der Waals surface area (Å²) in [7, 11) is 0. The number of amides is 2. The lowest BCUT2D eigenvalue weighted by atomic mass is 10.1. The first-order chi connectivity index (χ1) is 14.9. The number of aliphatic hydroxyl groups excluding tert-OH is 2. The molecule has 4 atom stereocenters. The van der Waals surface area contributed by atoms with E-state index in [2.05, 4.69) is 15.6 Å². The zero-order valence-corrected chi connectivity index (χ0v) is 17.8. The molecule has 3 aliphatic rings. The van der Waals surface area contributed by atoms with Crippen LogP contribution in [-0.4, -0.2) is 82.8 Å². The molecule has 168 valence electrons. The van der Waals surface area contributed by atoms with Gasteiger partial charge in [-0.1, -0.05) is 18.2 Å². The Kier molecular flexibility index (Phi) is 6.57. The molecule has 4 rings (SSSR count). The topological polar surface area (TPSA) is 108 Å². The summed E-state index contributed by atoms with van der Waals surface area (Å²) in [5, 5.41) is 25.3. The monoisotopic (exact) mass is 429 g/mol. The van der Waals surface area contributed by atoms with Gasteiger partial charge in [-0.2, -0.15) is 0 Å². The van der Waals surface area contributed by atoms with Crippen molar-refractivity contribution in [2.24, 2.45) is 0 Å². The van der Waals surface area contributed by atoms with Crippen molar-refractivity contribution >= 4 is 17.5 Å². The van der Waals surface area contributed by atoms with Crippen molar-refractivity contribution in [3.8, 4) is 0 Å². The lowest BCUT2D eigenvalue weighted by Crippen LogP contribution is -2.57. The van der Waals surface area contributed by atoms with Gasteiger partial charge >= 0.3 is 0 Å². The lowest BCUT2D eigenvalue weighted by molar-refractivity contribution is -0.155. The van der Waals surface area contributed by atoms with Crippen LogP contribution < -0.4 is 15.8 Å². The third-order valence-electron chi connectivity index (χ3n) is 6.38. The molecule has 1 aromatic rings. The van der Waals surface area contributed by atoms with Crippen molar-refractivity contribution in [2.75, 3.05) is 37.7 Å². The van der Waals surface area contributed by atoms with Gasteiger partial charge in [0.1, 0.15) is 0 Å². The lowest BCUT2D eigenvalue weighted by Gasteiger charge is -2.38. The Bertz CT molecular complexity index is 830. The average Bonchev–Trinajstić information content (AvgIpc) is 3.49. The predicted molar refractivity (Wildman–Crippen MR) is 116 cm³/mol. The van der Waals surface area contributed by atoms with E-state index in [-0.39, 0.29) is 6.04 Å². The van der Waals surface area contributed by atoms with E-state index >= 15 is 0 Å². The number of hydrogen-bond donors (Lipinski definition) is 4. The van der Waals surface area contributed by atoms with Gasteiger partial charge in [-0.25, -0.2) is 5.43 Å². The molecule has 0 aromatic heterocycles. The summed E-state index contributed by atoms with van der Waals surface area (Å²) in [6, 6.07) is 7.57. The van der Waals surface area contributed by atoms with E-state index in [1.807, 2.05) is 41.6 Å². The van der Waals surface area contributed by atoms with Gasteiger partial charge in [0, 0.05) is 38.4 Å². The van der Waals surface area contributed by atoms with Crippen molar-refractivity contribution in [1.29, 1.82) is 0 Å². The number of nitrogens with zero attached hydrogens (tertiary/aromatic N) is 3. The maximum atomic E-state index is 12.7. The highest BCUT2D eigenvalue weighted by Gasteiger charge is 2.38. The van der Waals surface area contributed by atoms with Gasteiger partial charge in [-0.15, -0.1) is 0 Å². The van der Waals surface area contributed by atoms with Gasteiger partial charge in [0.25, 0.3) is 11.8 Å². The molecule has 1 aromatic carbocycles. The third-order valence-corrected chi connectivity index (χ3v) is 6.38. The van der Waals surface area contributed by atoms with E-state index in [4.69, 9.17) is 0 Å². The Morgan fingerprint density at radius 1 is 1.13 bits per heavy atom. The quantitative estimate of drug-likeness (QED) is 0.493. The summed E-state index contributed by atoms with van der Waals surface area (Å²) in [6.07, 6.45) is 2.53. The standard InChI is InChI=1S/C22H31N5O4/c1-15(16-5-7-17(8-6-16)27-11-3-9-23-27)24-21(30)19(28)20(29)22(31)26-13-12-25-10-2-4-18(25)14-26/h3,5-8,11,15,18-20,23,28-29H,2,4,9-10,12-14H2,1H3,(H,24,30)/t15?,18?,19-,20?/m1/s1. The number of rotatable bonds is 6. The third kappa shape index (κ3) is 4.74. The molecule has 3 aliphatic heterocycles. The Morgan fingerprint density at radius 3 is 2.61 bits per heavy atom. The Morgan fingerprint density at radius 2 is 1.90 bits per heavy atom. The summed E-state index contributed by atoms with van der Waals surface area (Å²) < 4.78 is 0. The molecule has 0 aliphatic carbocycles. The van der Waals surface area contributed by atoms with E-state index in [1.54, 1.807) is 11.8 Å². The van der Waals surface area contributed by atoms with E-state index in [9.17, 15) is 19.8 Å². The number of carbonyl (C=O) groups excluding carboxylic acids is 2. The molecule has 9 heteroatoms. The number of carbonyl (C=O) groups is 2. The molecular weight excluding hydrogens is 398 g/mol. The minimum Gasteiger partial charge on any atom is -0.380 e. The summed E-state index contributed by atoms with van der Waals surface area (Å²) in [4.78, 5) is 29.1. The molecule has 0 bridgehead atoms. The minimum absolute atomic E-state index is 0.310. The zero-order chi connectivity index (χ0) is 22.0. The number of anilines is 1. The number of fused-ring (bicyclic) bond motifs is 1. The van der Waals surface area contributed by atoms with Crippen molar-refractivity contribution in [2.45, 2.75) is 44.1 Å². The van der Waals surface area contributed by atoms with Crippen LogP contribution in [0.1, 0.15) is 31.4 Å². The Balaban J connectivity index is 1.30. The molecule has 4 N–H and O–H groups in total. The summed E-state index contributed by atoms with van der Waals surface area (Å²) in [5.41, 5.74) is 5.01. The van der Waals surface area contributed by atoms with E-state index < -0.39 is 24.0 Å². The number of aliphatic hydroxyl groups is 2. The highest BCUT2D eigenvalue weighted by Crippen LogP contribution is 2.23. The van der Waals surface area contributed by atoms with Crippen LogP contribution in [0, 0.1) is 0 Å². The second-order valence-electron chi connectivity index (χ2n) is 8.44. The molecule has 0 saturated carbocycles. The molecule has 0 spiro atoms. The van der Waals surface area contributed by atoms with Gasteiger partial charge in [0.2, 0.25) is 0 Å². The molecule has 31 heavy (non-hydrogen) atoms. The molecule has 3 unspecified atom stereocenters. The number of hydrogen-bond acceptors (Lipinski definition) is 7. The van der Waals surface area contributed by atoms with Crippen molar-refractivity contribution in [3.63, 3.8) is 0 Å². The second-order valence-corrected chi connectivity index (χ2v) is 8.44. The molecule has 0 radical (unpaired) electrons. The number of benzene rings is 1. The number of nitrogens with one attached hydrogen (secondary N) is 2. The van der Waals surface area contributed by atoms with E-state index in [1.165, 1.54) is 0 Å². The van der Waals surface area contributed by atoms with Crippen LogP contribution in [0.4, 0.5) is 5.69 Å². The Labute approximate surface area is 182 Å². The smallest absolute Gasteiger partial charge is 0.254 e. The molecular formula is C22H31N5O4. The van der Waals surface area contributed by atoms with Crippen molar-refractivity contribution in [3.05, 3.63) is 42.1 Å². The number of hydrazine groups is 1. The van der Waals surface area contributed by atoms with Gasteiger partial charge in [0.15, 0.2) is 12.2 Å². The van der Waals surface area contributed by atoms with Crippen LogP contribution in [0.25, 0.3) is 0 Å². The maximum absolute atomic E-state index is 12.7. The summed E-state index contributed by atoms with van der Waals surface area (Å²) in [5.74, 6) is -1.35. The second kappa shape index (κ2) is 9.35. The maximum Gasteiger partial charge on any atom is 0.254 e. The highest BCUT2D eigenvalue weighted by molar-refractivity contribution is 5.91. The van der Waals surface area contributed by atoms with E-state index in [0.29, 0.717) is 19.1 Å². The summed E-state index contributed by atoms with van der Waals surface area (Å²) >= 11 is 0. The largest absolute Gasteiger partial charge is 0.380 e. The van der Waals surface area contributed by atoms with Gasteiger partial charge in [0.05, 0.1) is 11.7 Å². The fourth-order valence-electron chi connectivity index (χ4n) is 4.50. The van der Waals surface area contributed by atoms with Crippen molar-refractivity contribution < 1.29 is 19.8 Å². The van der Waals surface area contributed by atoms with Crippen LogP contribution in [0.15, 0.2) is 36.5 Å². The van der Waals surface area contributed by atoms with Crippen LogP contribution in [0.3, 0.4) is 0 Å².